The van der Waals surface area contributed by atoms with Crippen LogP contribution in [0.15, 0.2) is 54.6 Å². The van der Waals surface area contributed by atoms with Crippen molar-refractivity contribution in [2.45, 2.75) is 19.4 Å². The van der Waals surface area contributed by atoms with E-state index in [0.717, 1.165) is 22.6 Å². The van der Waals surface area contributed by atoms with E-state index in [2.05, 4.69) is 4.90 Å². The number of nitro groups is 1. The van der Waals surface area contributed by atoms with Gasteiger partial charge in [0, 0.05) is 56.2 Å². The van der Waals surface area contributed by atoms with Gasteiger partial charge in [0.1, 0.15) is 17.5 Å². The van der Waals surface area contributed by atoms with Crippen molar-refractivity contribution in [3.8, 4) is 0 Å². The van der Waals surface area contributed by atoms with Crippen LogP contribution in [0.5, 0.6) is 0 Å². The molecule has 1 amide bonds. The Morgan fingerprint density at radius 3 is 2.62 bits per heavy atom. The van der Waals surface area contributed by atoms with Crippen molar-refractivity contribution in [2.24, 2.45) is 0 Å². The zero-order chi connectivity index (χ0) is 25.8. The molecule has 0 radical (unpaired) electrons. The molecule has 1 aromatic heterocycles. The number of morpholine rings is 1. The first-order chi connectivity index (χ1) is 18.0. The number of fused-ring (bicyclic) bond motifs is 1. The zero-order valence-corrected chi connectivity index (χ0v) is 20.2. The summed E-state index contributed by atoms with van der Waals surface area (Å²) in [5.41, 5.74) is 3.34. The molecular formula is C27H26FN5O4. The van der Waals surface area contributed by atoms with Crippen LogP contribution in [0.4, 0.5) is 15.9 Å². The van der Waals surface area contributed by atoms with Crippen LogP contribution < -0.4 is 4.90 Å². The van der Waals surface area contributed by atoms with E-state index in [1.54, 1.807) is 29.2 Å². The minimum atomic E-state index is -0.457. The third kappa shape index (κ3) is 5.80. The van der Waals surface area contributed by atoms with Gasteiger partial charge < -0.3 is 14.5 Å². The molecule has 1 fully saturated rings. The van der Waals surface area contributed by atoms with Gasteiger partial charge in [0.25, 0.3) is 5.69 Å². The van der Waals surface area contributed by atoms with E-state index in [0.29, 0.717) is 63.6 Å². The summed E-state index contributed by atoms with van der Waals surface area (Å²) in [7, 11) is 0. The lowest BCUT2D eigenvalue weighted by Gasteiger charge is -2.34. The highest BCUT2D eigenvalue weighted by atomic mass is 19.1. The molecule has 37 heavy (non-hydrogen) atoms. The molecule has 9 nitrogen and oxygen atoms in total. The number of hydrogen-bond donors (Lipinski definition) is 0. The van der Waals surface area contributed by atoms with E-state index < -0.39 is 4.92 Å². The maximum atomic E-state index is 13.7. The minimum absolute atomic E-state index is 0.00326. The van der Waals surface area contributed by atoms with Crippen LogP contribution in [-0.4, -0.2) is 58.5 Å². The van der Waals surface area contributed by atoms with Crippen LogP contribution in [-0.2, 0) is 28.9 Å². The molecule has 0 atom stereocenters. The van der Waals surface area contributed by atoms with Gasteiger partial charge in [0.15, 0.2) is 0 Å². The van der Waals surface area contributed by atoms with Crippen LogP contribution in [0.3, 0.4) is 0 Å². The molecule has 0 unspecified atom stereocenters. The maximum absolute atomic E-state index is 13.7. The maximum Gasteiger partial charge on any atom is 0.269 e. The summed E-state index contributed by atoms with van der Waals surface area (Å²) in [5, 5.41) is 10.8. The second-order valence-corrected chi connectivity index (χ2v) is 8.99. The SMILES string of the molecule is O=C(/C=C/c1ccc([N+](=O)[O-])cc1)N1CCc2nc(Cc3cccc(F)c3)nc(N3CCOCC3)c2C1. The quantitative estimate of drug-likeness (QED) is 0.288. The van der Waals surface area contributed by atoms with E-state index in [-0.39, 0.29) is 17.4 Å². The van der Waals surface area contributed by atoms with E-state index in [1.165, 1.54) is 30.3 Å². The fraction of sp³-hybridized carbons (Fsp3) is 0.296. The molecule has 0 N–H and O–H groups in total. The molecule has 0 bridgehead atoms. The van der Waals surface area contributed by atoms with E-state index in [1.807, 2.05) is 6.07 Å². The molecule has 0 spiro atoms. The van der Waals surface area contributed by atoms with Crippen molar-refractivity contribution in [3.63, 3.8) is 0 Å². The number of nitro benzene ring substituents is 1. The largest absolute Gasteiger partial charge is 0.378 e. The van der Waals surface area contributed by atoms with E-state index in [9.17, 15) is 19.3 Å². The molecule has 0 aliphatic carbocycles. The number of rotatable bonds is 6. The van der Waals surface area contributed by atoms with Crippen molar-refractivity contribution < 1.29 is 18.8 Å². The van der Waals surface area contributed by atoms with Crippen molar-refractivity contribution in [3.05, 3.63) is 98.7 Å². The number of ether oxygens (including phenoxy) is 1. The second-order valence-electron chi connectivity index (χ2n) is 8.99. The van der Waals surface area contributed by atoms with Gasteiger partial charge in [-0.2, -0.15) is 0 Å². The van der Waals surface area contributed by atoms with Gasteiger partial charge in [-0.05, 0) is 41.5 Å². The number of benzene rings is 2. The summed E-state index contributed by atoms with van der Waals surface area (Å²) < 4.78 is 19.2. The van der Waals surface area contributed by atoms with Crippen LogP contribution in [0.1, 0.15) is 28.2 Å². The van der Waals surface area contributed by atoms with Crippen LogP contribution in [0.25, 0.3) is 6.08 Å². The number of anilines is 1. The van der Waals surface area contributed by atoms with Gasteiger partial charge in [-0.3, -0.25) is 14.9 Å². The first-order valence-corrected chi connectivity index (χ1v) is 12.1. The lowest BCUT2D eigenvalue weighted by atomic mass is 10.0. The number of nitrogens with zero attached hydrogens (tertiary/aromatic N) is 5. The Bertz CT molecular complexity index is 1340. The fourth-order valence-corrected chi connectivity index (χ4v) is 4.56. The predicted octanol–water partition coefficient (Wildman–Crippen LogP) is 3.55. The highest BCUT2D eigenvalue weighted by Crippen LogP contribution is 2.28. The predicted molar refractivity (Wildman–Crippen MR) is 136 cm³/mol. The normalized spacial score (nSPS) is 15.6. The van der Waals surface area contributed by atoms with Crippen molar-refractivity contribution in [2.75, 3.05) is 37.7 Å². The Morgan fingerprint density at radius 1 is 1.11 bits per heavy atom. The lowest BCUT2D eigenvalue weighted by molar-refractivity contribution is -0.384. The Hall–Kier alpha value is -4.18. The monoisotopic (exact) mass is 503 g/mol. The van der Waals surface area contributed by atoms with Gasteiger partial charge in [-0.1, -0.05) is 12.1 Å². The molecule has 0 saturated carbocycles. The molecule has 2 aliphatic rings. The van der Waals surface area contributed by atoms with Gasteiger partial charge in [0.05, 0.1) is 30.4 Å². The average Bonchev–Trinajstić information content (AvgIpc) is 2.92. The van der Waals surface area contributed by atoms with E-state index in [4.69, 9.17) is 14.7 Å². The highest BCUT2D eigenvalue weighted by molar-refractivity contribution is 5.92. The molecule has 2 aromatic carbocycles. The van der Waals surface area contributed by atoms with Crippen molar-refractivity contribution in [1.82, 2.24) is 14.9 Å². The summed E-state index contributed by atoms with van der Waals surface area (Å²) in [6.07, 6.45) is 4.15. The second kappa shape index (κ2) is 10.8. The standard InChI is InChI=1S/C27H26FN5O4/c28-21-3-1-2-20(16-21)17-25-29-24-10-11-32(18-23(24)27(30-25)31-12-14-37-15-13-31)26(34)9-6-19-4-7-22(8-5-19)33(35)36/h1-9,16H,10-15,17-18H2/b9-6+. The number of carbonyl (C=O) groups is 1. The van der Waals surface area contributed by atoms with Gasteiger partial charge in [0.2, 0.25) is 5.91 Å². The summed E-state index contributed by atoms with van der Waals surface area (Å²) >= 11 is 0. The van der Waals surface area contributed by atoms with Crippen molar-refractivity contribution in [1.29, 1.82) is 0 Å². The molecule has 3 aromatic rings. The molecule has 5 rings (SSSR count). The lowest BCUT2D eigenvalue weighted by Crippen LogP contribution is -2.41. The first-order valence-electron chi connectivity index (χ1n) is 12.1. The van der Waals surface area contributed by atoms with E-state index >= 15 is 0 Å². The first kappa shape index (κ1) is 24.5. The zero-order valence-electron chi connectivity index (χ0n) is 20.2. The molecule has 1 saturated heterocycles. The minimum Gasteiger partial charge on any atom is -0.378 e. The van der Waals surface area contributed by atoms with Crippen LogP contribution >= 0.6 is 0 Å². The third-order valence-corrected chi connectivity index (χ3v) is 6.48. The Kier molecular flexibility index (Phi) is 7.18. The number of carbonyl (C=O) groups excluding carboxylic acids is 1. The smallest absolute Gasteiger partial charge is 0.269 e. The Balaban J connectivity index is 1.37. The van der Waals surface area contributed by atoms with Crippen LogP contribution in [0.2, 0.25) is 0 Å². The molecule has 2 aliphatic heterocycles. The number of hydrogen-bond acceptors (Lipinski definition) is 7. The Morgan fingerprint density at radius 2 is 1.89 bits per heavy atom. The van der Waals surface area contributed by atoms with Gasteiger partial charge in [-0.25, -0.2) is 14.4 Å². The summed E-state index contributed by atoms with van der Waals surface area (Å²) in [4.78, 5) is 37.0. The van der Waals surface area contributed by atoms with Crippen LogP contribution in [0, 0.1) is 15.9 Å². The topological polar surface area (TPSA) is 102 Å². The number of aromatic nitrogens is 2. The summed E-state index contributed by atoms with van der Waals surface area (Å²) in [5.74, 6) is 0.987. The third-order valence-electron chi connectivity index (χ3n) is 6.48. The number of non-ortho nitro benzene ring substituents is 1. The number of halogens is 1. The summed E-state index contributed by atoms with van der Waals surface area (Å²) in [6, 6.07) is 12.5. The van der Waals surface area contributed by atoms with Gasteiger partial charge in [-0.15, -0.1) is 0 Å². The van der Waals surface area contributed by atoms with Crippen molar-refractivity contribution >= 4 is 23.5 Å². The molecule has 10 heteroatoms. The average molecular weight is 504 g/mol. The van der Waals surface area contributed by atoms with Gasteiger partial charge >= 0.3 is 0 Å². The molecule has 3 heterocycles. The molecule has 190 valence electrons. The Labute approximate surface area is 213 Å². The fourth-order valence-electron chi connectivity index (χ4n) is 4.56. The number of amides is 1. The highest BCUT2D eigenvalue weighted by Gasteiger charge is 2.27. The molecular weight excluding hydrogens is 477 g/mol. The summed E-state index contributed by atoms with van der Waals surface area (Å²) in [6.45, 7) is 3.46.